The number of nitrogens with zero attached hydrogens (tertiary/aromatic N) is 1. The Kier molecular flexibility index (Phi) is 5.37. The van der Waals surface area contributed by atoms with E-state index in [0.717, 1.165) is 25.9 Å². The molecule has 0 saturated carbocycles. The van der Waals surface area contributed by atoms with Crippen LogP contribution in [0.2, 0.25) is 0 Å². The average Bonchev–Trinajstić information content (AvgIpc) is 2.69. The van der Waals surface area contributed by atoms with E-state index in [2.05, 4.69) is 11.8 Å². The van der Waals surface area contributed by atoms with Gasteiger partial charge < -0.3 is 5.73 Å². The van der Waals surface area contributed by atoms with Crippen LogP contribution in [0.4, 0.5) is 4.39 Å². The van der Waals surface area contributed by atoms with Crippen LogP contribution in [-0.4, -0.2) is 24.0 Å². The molecule has 0 aliphatic carbocycles. The molecule has 17 heavy (non-hydrogen) atoms. The largest absolute Gasteiger partial charge is 0.326 e. The third-order valence-electron chi connectivity index (χ3n) is 3.34. The quantitative estimate of drug-likeness (QED) is 0.903. The predicted octanol–water partition coefficient (Wildman–Crippen LogP) is 2.73. The summed E-state index contributed by atoms with van der Waals surface area (Å²) in [5, 5.41) is 0. The maximum absolute atomic E-state index is 12.9. The maximum atomic E-state index is 12.9. The lowest BCUT2D eigenvalue weighted by molar-refractivity contribution is 0.236. The predicted molar refractivity (Wildman–Crippen MR) is 70.8 cm³/mol. The van der Waals surface area contributed by atoms with Gasteiger partial charge in [-0.05, 0) is 30.5 Å². The number of hydrogen-bond donors (Lipinski definition) is 1. The van der Waals surface area contributed by atoms with E-state index in [1.165, 1.54) is 17.7 Å². The second kappa shape index (κ2) is 6.34. The smallest absolute Gasteiger partial charge is 0.123 e. The zero-order valence-electron chi connectivity index (χ0n) is 10.1. The summed E-state index contributed by atoms with van der Waals surface area (Å²) in [5.74, 6) is -0.170. The van der Waals surface area contributed by atoms with Crippen LogP contribution in [0.15, 0.2) is 24.3 Å². The van der Waals surface area contributed by atoms with Gasteiger partial charge in [-0.25, -0.2) is 4.39 Å². The lowest BCUT2D eigenvalue weighted by atomic mass is 10.0. The van der Waals surface area contributed by atoms with Crippen molar-refractivity contribution in [3.8, 4) is 0 Å². The summed E-state index contributed by atoms with van der Waals surface area (Å²) in [5.41, 5.74) is 7.11. The van der Waals surface area contributed by atoms with Gasteiger partial charge in [0, 0.05) is 25.2 Å². The van der Waals surface area contributed by atoms with Gasteiger partial charge in [0.2, 0.25) is 0 Å². The van der Waals surface area contributed by atoms with Crippen molar-refractivity contribution < 1.29 is 4.39 Å². The molecule has 0 aromatic heterocycles. The highest BCUT2D eigenvalue weighted by molar-refractivity contribution is 5.85. The highest BCUT2D eigenvalue weighted by atomic mass is 35.5. The van der Waals surface area contributed by atoms with Gasteiger partial charge in [-0.2, -0.15) is 0 Å². The van der Waals surface area contributed by atoms with Crippen LogP contribution >= 0.6 is 12.4 Å². The molecule has 1 heterocycles. The first-order valence-electron chi connectivity index (χ1n) is 5.95. The Morgan fingerprint density at radius 1 is 1.41 bits per heavy atom. The molecular weight excluding hydrogens is 239 g/mol. The van der Waals surface area contributed by atoms with Gasteiger partial charge in [0.25, 0.3) is 0 Å². The zero-order chi connectivity index (χ0) is 11.5. The Hall–Kier alpha value is -0.640. The highest BCUT2D eigenvalue weighted by Crippen LogP contribution is 2.27. The molecule has 1 aliphatic rings. The molecule has 96 valence electrons. The van der Waals surface area contributed by atoms with Crippen LogP contribution in [0.25, 0.3) is 0 Å². The average molecular weight is 259 g/mol. The van der Waals surface area contributed by atoms with Gasteiger partial charge in [-0.3, -0.25) is 4.90 Å². The van der Waals surface area contributed by atoms with Crippen LogP contribution < -0.4 is 5.73 Å². The molecular formula is C13H20ClFN2. The molecule has 0 spiro atoms. The minimum Gasteiger partial charge on any atom is -0.326 e. The topological polar surface area (TPSA) is 29.3 Å². The summed E-state index contributed by atoms with van der Waals surface area (Å²) in [4.78, 5) is 2.40. The summed E-state index contributed by atoms with van der Waals surface area (Å²) in [6.07, 6.45) is 2.11. The number of rotatable bonds is 3. The number of likely N-dealkylation sites (tertiary alicyclic amines) is 1. The molecule has 2 rings (SSSR count). The number of halogens is 2. The van der Waals surface area contributed by atoms with Crippen molar-refractivity contribution in [3.05, 3.63) is 35.6 Å². The van der Waals surface area contributed by atoms with Crippen molar-refractivity contribution in [2.45, 2.75) is 31.8 Å². The van der Waals surface area contributed by atoms with Crippen molar-refractivity contribution in [2.75, 3.05) is 13.1 Å². The summed E-state index contributed by atoms with van der Waals surface area (Å²) in [7, 11) is 0. The fourth-order valence-electron chi connectivity index (χ4n) is 2.49. The van der Waals surface area contributed by atoms with E-state index >= 15 is 0 Å². The summed E-state index contributed by atoms with van der Waals surface area (Å²) >= 11 is 0. The Bertz CT molecular complexity index is 342. The SMILES string of the molecule is CCC(c1ccc(F)cc1)N1CCC(N)C1.Cl. The van der Waals surface area contributed by atoms with Crippen LogP contribution in [-0.2, 0) is 0 Å². The minimum absolute atomic E-state index is 0. The Labute approximate surface area is 108 Å². The molecule has 0 bridgehead atoms. The van der Waals surface area contributed by atoms with Gasteiger partial charge >= 0.3 is 0 Å². The van der Waals surface area contributed by atoms with E-state index in [1.807, 2.05) is 12.1 Å². The highest BCUT2D eigenvalue weighted by Gasteiger charge is 2.25. The van der Waals surface area contributed by atoms with Crippen molar-refractivity contribution in [1.29, 1.82) is 0 Å². The van der Waals surface area contributed by atoms with Crippen molar-refractivity contribution in [2.24, 2.45) is 5.73 Å². The van der Waals surface area contributed by atoms with Crippen LogP contribution in [0.5, 0.6) is 0 Å². The van der Waals surface area contributed by atoms with E-state index in [1.54, 1.807) is 0 Å². The second-order valence-corrected chi connectivity index (χ2v) is 4.52. The van der Waals surface area contributed by atoms with Gasteiger partial charge in [0.1, 0.15) is 5.82 Å². The summed E-state index contributed by atoms with van der Waals surface area (Å²) in [6.45, 7) is 4.17. The van der Waals surface area contributed by atoms with Gasteiger partial charge in [-0.1, -0.05) is 19.1 Å². The monoisotopic (exact) mass is 258 g/mol. The van der Waals surface area contributed by atoms with E-state index in [4.69, 9.17) is 5.73 Å². The first kappa shape index (κ1) is 14.4. The Morgan fingerprint density at radius 2 is 2.06 bits per heavy atom. The molecule has 0 amide bonds. The molecule has 1 aromatic rings. The molecule has 4 heteroatoms. The Morgan fingerprint density at radius 3 is 2.53 bits per heavy atom. The van der Waals surface area contributed by atoms with Gasteiger partial charge in [0.15, 0.2) is 0 Å². The fourth-order valence-corrected chi connectivity index (χ4v) is 2.49. The van der Waals surface area contributed by atoms with Crippen LogP contribution in [0.3, 0.4) is 0 Å². The fraction of sp³-hybridized carbons (Fsp3) is 0.538. The first-order chi connectivity index (χ1) is 7.70. The first-order valence-corrected chi connectivity index (χ1v) is 5.95. The number of benzene rings is 1. The lowest BCUT2D eigenvalue weighted by Gasteiger charge is -2.27. The molecule has 1 saturated heterocycles. The standard InChI is InChI=1S/C13H19FN2.ClH/c1-2-13(16-8-7-12(15)9-16)10-3-5-11(14)6-4-10;/h3-6,12-13H,2,7-9,15H2,1H3;1H. The zero-order valence-corrected chi connectivity index (χ0v) is 10.9. The number of nitrogens with two attached hydrogens (primary N) is 1. The maximum Gasteiger partial charge on any atom is 0.123 e. The van der Waals surface area contributed by atoms with Gasteiger partial charge in [-0.15, -0.1) is 12.4 Å². The molecule has 1 aromatic carbocycles. The van der Waals surface area contributed by atoms with E-state index < -0.39 is 0 Å². The van der Waals surface area contributed by atoms with Crippen molar-refractivity contribution >= 4 is 12.4 Å². The lowest BCUT2D eigenvalue weighted by Crippen LogP contribution is -2.29. The van der Waals surface area contributed by atoms with Crippen LogP contribution in [0, 0.1) is 5.82 Å². The molecule has 2 N–H and O–H groups in total. The molecule has 1 aliphatic heterocycles. The second-order valence-electron chi connectivity index (χ2n) is 4.52. The molecule has 2 nitrogen and oxygen atoms in total. The third kappa shape index (κ3) is 3.41. The van der Waals surface area contributed by atoms with E-state index in [0.29, 0.717) is 12.1 Å². The minimum atomic E-state index is -0.170. The van der Waals surface area contributed by atoms with Crippen LogP contribution in [0.1, 0.15) is 31.4 Å². The third-order valence-corrected chi connectivity index (χ3v) is 3.34. The van der Waals surface area contributed by atoms with Gasteiger partial charge in [0.05, 0.1) is 0 Å². The Balaban J connectivity index is 0.00000144. The van der Waals surface area contributed by atoms with E-state index in [-0.39, 0.29) is 18.2 Å². The molecule has 2 unspecified atom stereocenters. The molecule has 1 fully saturated rings. The summed E-state index contributed by atoms with van der Waals surface area (Å²) < 4.78 is 12.9. The number of hydrogen-bond acceptors (Lipinski definition) is 2. The van der Waals surface area contributed by atoms with E-state index in [9.17, 15) is 4.39 Å². The normalized spacial score (nSPS) is 22.2. The summed E-state index contributed by atoms with van der Waals surface area (Å²) in [6, 6.07) is 7.52. The molecule has 0 radical (unpaired) electrons. The van der Waals surface area contributed by atoms with Crippen molar-refractivity contribution in [3.63, 3.8) is 0 Å². The van der Waals surface area contributed by atoms with Crippen molar-refractivity contribution in [1.82, 2.24) is 4.90 Å². The molecule has 2 atom stereocenters.